The Kier molecular flexibility index (Phi) is 4.47. The average molecular weight is 322 g/mol. The Morgan fingerprint density at radius 1 is 1.32 bits per heavy atom. The number of carbonyl (C=O) groups excluding carboxylic acids is 1. The molecular formula is C14H16BrN3O. The fourth-order valence-electron chi connectivity index (χ4n) is 1.92. The first-order valence-electron chi connectivity index (χ1n) is 6.21. The minimum Gasteiger partial charge on any atom is -0.299 e. The molecule has 19 heavy (non-hydrogen) atoms. The Bertz CT molecular complexity index is 578. The molecule has 0 amide bonds. The lowest BCUT2D eigenvalue weighted by molar-refractivity contribution is -0.118. The second-order valence-corrected chi connectivity index (χ2v) is 5.55. The van der Waals surface area contributed by atoms with Crippen LogP contribution >= 0.6 is 15.9 Å². The maximum absolute atomic E-state index is 12.1. The largest absolute Gasteiger partial charge is 0.299 e. The molecule has 0 atom stereocenters. The van der Waals surface area contributed by atoms with Gasteiger partial charge in [0.05, 0.1) is 6.42 Å². The van der Waals surface area contributed by atoms with Crippen molar-refractivity contribution in [3.05, 3.63) is 46.5 Å². The van der Waals surface area contributed by atoms with Crippen molar-refractivity contribution < 1.29 is 4.79 Å². The van der Waals surface area contributed by atoms with Crippen LogP contribution in [0.25, 0.3) is 0 Å². The van der Waals surface area contributed by atoms with Crippen LogP contribution in [-0.4, -0.2) is 20.5 Å². The van der Waals surface area contributed by atoms with E-state index in [1.54, 1.807) is 4.68 Å². The predicted octanol–water partition coefficient (Wildman–Crippen LogP) is 2.98. The van der Waals surface area contributed by atoms with Crippen LogP contribution in [0.3, 0.4) is 0 Å². The molecule has 0 aliphatic heterocycles. The van der Waals surface area contributed by atoms with Gasteiger partial charge >= 0.3 is 0 Å². The van der Waals surface area contributed by atoms with Gasteiger partial charge in [-0.25, -0.2) is 9.67 Å². The Morgan fingerprint density at radius 2 is 2.05 bits per heavy atom. The van der Waals surface area contributed by atoms with Crippen LogP contribution < -0.4 is 0 Å². The summed E-state index contributed by atoms with van der Waals surface area (Å²) in [5.41, 5.74) is 1.00. The summed E-state index contributed by atoms with van der Waals surface area (Å²) in [6, 6.07) is 7.99. The number of aromatic nitrogens is 3. The smallest absolute Gasteiger partial charge is 0.144 e. The zero-order valence-electron chi connectivity index (χ0n) is 11.0. The Hall–Kier alpha value is -1.49. The summed E-state index contributed by atoms with van der Waals surface area (Å²) >= 11 is 3.45. The third kappa shape index (κ3) is 3.50. The van der Waals surface area contributed by atoms with Crippen LogP contribution in [0.1, 0.15) is 31.3 Å². The third-order valence-corrected chi connectivity index (χ3v) is 3.61. The van der Waals surface area contributed by atoms with E-state index in [4.69, 9.17) is 0 Å². The van der Waals surface area contributed by atoms with Gasteiger partial charge in [-0.05, 0) is 25.5 Å². The van der Waals surface area contributed by atoms with Crippen LogP contribution in [-0.2, 0) is 17.6 Å². The molecule has 1 heterocycles. The molecule has 100 valence electrons. The third-order valence-electron chi connectivity index (χ3n) is 2.84. The predicted molar refractivity (Wildman–Crippen MR) is 77.0 cm³/mol. The Labute approximate surface area is 121 Å². The first kappa shape index (κ1) is 13.9. The van der Waals surface area contributed by atoms with E-state index in [0.29, 0.717) is 12.8 Å². The highest BCUT2D eigenvalue weighted by Gasteiger charge is 2.13. The van der Waals surface area contributed by atoms with Gasteiger partial charge in [-0.15, -0.1) is 0 Å². The highest BCUT2D eigenvalue weighted by Crippen LogP contribution is 2.17. The zero-order chi connectivity index (χ0) is 13.8. The molecule has 0 saturated heterocycles. The van der Waals surface area contributed by atoms with Gasteiger partial charge < -0.3 is 0 Å². The van der Waals surface area contributed by atoms with Crippen molar-refractivity contribution in [2.45, 2.75) is 32.7 Å². The van der Waals surface area contributed by atoms with E-state index in [1.807, 2.05) is 38.1 Å². The number of benzene rings is 1. The van der Waals surface area contributed by atoms with E-state index in [9.17, 15) is 4.79 Å². The maximum Gasteiger partial charge on any atom is 0.144 e. The Balaban J connectivity index is 2.06. The summed E-state index contributed by atoms with van der Waals surface area (Å²) in [5.74, 6) is 0.869. The van der Waals surface area contributed by atoms with Gasteiger partial charge in [0.1, 0.15) is 17.9 Å². The minimum atomic E-state index is 0.141. The van der Waals surface area contributed by atoms with E-state index in [-0.39, 0.29) is 11.8 Å². The summed E-state index contributed by atoms with van der Waals surface area (Å²) in [4.78, 5) is 16.3. The maximum atomic E-state index is 12.1. The van der Waals surface area contributed by atoms with E-state index in [0.717, 1.165) is 15.9 Å². The summed E-state index contributed by atoms with van der Waals surface area (Å²) in [5, 5.41) is 4.14. The van der Waals surface area contributed by atoms with E-state index in [1.165, 1.54) is 6.33 Å². The second kappa shape index (κ2) is 6.10. The quantitative estimate of drug-likeness (QED) is 0.850. The van der Waals surface area contributed by atoms with Crippen molar-refractivity contribution in [2.24, 2.45) is 0 Å². The van der Waals surface area contributed by atoms with Gasteiger partial charge in [0.25, 0.3) is 0 Å². The fourth-order valence-corrected chi connectivity index (χ4v) is 2.35. The molecule has 1 aromatic heterocycles. The molecule has 0 aliphatic rings. The molecular weight excluding hydrogens is 306 g/mol. The van der Waals surface area contributed by atoms with Crippen molar-refractivity contribution in [3.63, 3.8) is 0 Å². The van der Waals surface area contributed by atoms with Crippen molar-refractivity contribution in [1.29, 1.82) is 0 Å². The molecule has 0 unspecified atom stereocenters. The first-order chi connectivity index (χ1) is 9.08. The van der Waals surface area contributed by atoms with Crippen LogP contribution in [0.15, 0.2) is 35.1 Å². The number of carbonyl (C=O) groups is 1. The number of ketones is 1. The van der Waals surface area contributed by atoms with Gasteiger partial charge in [0.15, 0.2) is 0 Å². The number of hydrogen-bond donors (Lipinski definition) is 0. The molecule has 0 saturated carbocycles. The molecule has 1 aromatic carbocycles. The Morgan fingerprint density at radius 3 is 2.74 bits per heavy atom. The molecule has 0 fully saturated rings. The van der Waals surface area contributed by atoms with Crippen molar-refractivity contribution in [2.75, 3.05) is 0 Å². The minimum absolute atomic E-state index is 0.141. The van der Waals surface area contributed by atoms with Gasteiger partial charge in [0, 0.05) is 16.9 Å². The van der Waals surface area contributed by atoms with Crippen LogP contribution in [0.5, 0.6) is 0 Å². The molecule has 5 heteroatoms. The fraction of sp³-hybridized carbons (Fsp3) is 0.357. The van der Waals surface area contributed by atoms with Crippen molar-refractivity contribution >= 4 is 21.7 Å². The molecule has 0 radical (unpaired) electrons. The van der Waals surface area contributed by atoms with Gasteiger partial charge in [-0.3, -0.25) is 4.79 Å². The average Bonchev–Trinajstić information content (AvgIpc) is 2.80. The number of Topliss-reactive ketones (excluding diaryl/α,β-unsaturated/α-hetero) is 1. The standard InChI is InChI=1S/C14H16BrN3O/c1-10(2)18-14(16-9-17-18)8-12(19)7-11-5-3-4-6-13(11)15/h3-6,9-10H,7-8H2,1-2H3. The van der Waals surface area contributed by atoms with Crippen molar-refractivity contribution in [1.82, 2.24) is 14.8 Å². The second-order valence-electron chi connectivity index (χ2n) is 4.70. The molecule has 2 rings (SSSR count). The number of hydrogen-bond acceptors (Lipinski definition) is 3. The lowest BCUT2D eigenvalue weighted by atomic mass is 10.1. The van der Waals surface area contributed by atoms with Gasteiger partial charge in [-0.2, -0.15) is 5.10 Å². The number of halogens is 1. The van der Waals surface area contributed by atoms with Gasteiger partial charge in [0.2, 0.25) is 0 Å². The summed E-state index contributed by atoms with van der Waals surface area (Å²) < 4.78 is 2.76. The lowest BCUT2D eigenvalue weighted by Crippen LogP contribution is -2.14. The molecule has 0 aliphatic carbocycles. The zero-order valence-corrected chi connectivity index (χ0v) is 12.6. The van der Waals surface area contributed by atoms with Crippen molar-refractivity contribution in [3.8, 4) is 0 Å². The van der Waals surface area contributed by atoms with Gasteiger partial charge in [-0.1, -0.05) is 34.1 Å². The first-order valence-corrected chi connectivity index (χ1v) is 7.00. The summed E-state index contributed by atoms with van der Waals surface area (Å²) in [6.07, 6.45) is 2.23. The normalized spacial score (nSPS) is 10.9. The molecule has 0 bridgehead atoms. The summed E-state index contributed by atoms with van der Waals surface area (Å²) in [7, 11) is 0. The van der Waals surface area contributed by atoms with E-state index < -0.39 is 0 Å². The van der Waals surface area contributed by atoms with Crippen LogP contribution in [0.2, 0.25) is 0 Å². The molecule has 0 spiro atoms. The molecule has 2 aromatic rings. The summed E-state index contributed by atoms with van der Waals surface area (Å²) in [6.45, 7) is 4.05. The highest BCUT2D eigenvalue weighted by molar-refractivity contribution is 9.10. The molecule has 4 nitrogen and oxygen atoms in total. The van der Waals surface area contributed by atoms with E-state index >= 15 is 0 Å². The van der Waals surface area contributed by atoms with E-state index in [2.05, 4.69) is 26.0 Å². The highest BCUT2D eigenvalue weighted by atomic mass is 79.9. The topological polar surface area (TPSA) is 47.8 Å². The number of nitrogens with zero attached hydrogens (tertiary/aromatic N) is 3. The van der Waals surface area contributed by atoms with Crippen LogP contribution in [0.4, 0.5) is 0 Å². The SMILES string of the molecule is CC(C)n1ncnc1CC(=O)Cc1ccccc1Br. The lowest BCUT2D eigenvalue weighted by Gasteiger charge is -2.09. The number of rotatable bonds is 5. The molecule has 0 N–H and O–H groups in total. The van der Waals surface area contributed by atoms with Crippen LogP contribution in [0, 0.1) is 0 Å². The monoisotopic (exact) mass is 321 g/mol.